The zero-order valence-corrected chi connectivity index (χ0v) is 17.8. The Bertz CT molecular complexity index is 1050. The molecule has 4 rings (SSSR count). The molecule has 0 unspecified atom stereocenters. The molecule has 156 valence electrons. The summed E-state index contributed by atoms with van der Waals surface area (Å²) in [5.74, 6) is 2.39. The lowest BCUT2D eigenvalue weighted by atomic mass is 10.1. The van der Waals surface area contributed by atoms with Gasteiger partial charge in [0.05, 0.1) is 16.9 Å². The lowest BCUT2D eigenvalue weighted by molar-refractivity contribution is 0.130. The van der Waals surface area contributed by atoms with E-state index in [0.717, 1.165) is 53.6 Å². The zero-order valence-electron chi connectivity index (χ0n) is 16.9. The third kappa shape index (κ3) is 4.76. The lowest BCUT2D eigenvalue weighted by Crippen LogP contribution is -2.40. The van der Waals surface area contributed by atoms with Gasteiger partial charge in [0.1, 0.15) is 17.7 Å². The number of imidazole rings is 1. The number of benzene rings is 2. The first kappa shape index (κ1) is 20.3. The van der Waals surface area contributed by atoms with Gasteiger partial charge in [0, 0.05) is 37.2 Å². The van der Waals surface area contributed by atoms with Crippen LogP contribution < -0.4 is 10.5 Å². The summed E-state index contributed by atoms with van der Waals surface area (Å²) >= 11 is 1.64. The summed E-state index contributed by atoms with van der Waals surface area (Å²) in [6.45, 7) is 3.62. The standard InChI is InChI=1S/C22H26N6OS/c1-14(23)28-10-8-18(9-11-28)29-17-5-2-15(3-6-17)13-30-22-26-19-7-4-16(21(24)25)12-20(19)27-22/h2-7,12,18,23H,8-11,13H2,1H3,(H3,24,25)(H,26,27). The quantitative estimate of drug-likeness (QED) is 0.272. The van der Waals surface area contributed by atoms with E-state index in [0.29, 0.717) is 11.4 Å². The number of thioether (sulfide) groups is 1. The number of hydrogen-bond acceptors (Lipinski definition) is 5. The van der Waals surface area contributed by atoms with Gasteiger partial charge >= 0.3 is 0 Å². The second-order valence-corrected chi connectivity index (χ2v) is 8.47. The molecule has 1 aliphatic rings. The van der Waals surface area contributed by atoms with Gasteiger partial charge in [-0.3, -0.25) is 10.8 Å². The van der Waals surface area contributed by atoms with Gasteiger partial charge in [-0.05, 0) is 42.8 Å². The highest BCUT2D eigenvalue weighted by molar-refractivity contribution is 7.98. The van der Waals surface area contributed by atoms with Crippen LogP contribution in [0, 0.1) is 10.8 Å². The van der Waals surface area contributed by atoms with Crippen molar-refractivity contribution >= 4 is 34.5 Å². The molecule has 1 aliphatic heterocycles. The molecular formula is C22H26N6OS. The van der Waals surface area contributed by atoms with Crippen LogP contribution in [0.1, 0.15) is 30.9 Å². The summed E-state index contributed by atoms with van der Waals surface area (Å²) in [5.41, 5.74) is 9.21. The van der Waals surface area contributed by atoms with Crippen LogP contribution in [-0.4, -0.2) is 45.7 Å². The summed E-state index contributed by atoms with van der Waals surface area (Å²) in [4.78, 5) is 9.98. The minimum absolute atomic E-state index is 0.0541. The number of amidine groups is 2. The van der Waals surface area contributed by atoms with E-state index in [2.05, 4.69) is 27.0 Å². The number of nitrogen functional groups attached to an aromatic ring is 1. The first-order valence-electron chi connectivity index (χ1n) is 10.0. The molecule has 2 aromatic carbocycles. The SMILES string of the molecule is CC(=N)N1CCC(Oc2ccc(CSc3nc4ccc(C(=N)N)cc4[nH]3)cc2)CC1. The van der Waals surface area contributed by atoms with Gasteiger partial charge in [0.15, 0.2) is 5.16 Å². The summed E-state index contributed by atoms with van der Waals surface area (Å²) in [7, 11) is 0. The second-order valence-electron chi connectivity index (χ2n) is 7.51. The maximum Gasteiger partial charge on any atom is 0.166 e. The number of likely N-dealkylation sites (tertiary alicyclic amines) is 1. The van der Waals surface area contributed by atoms with Gasteiger partial charge < -0.3 is 20.4 Å². The summed E-state index contributed by atoms with van der Waals surface area (Å²) in [6, 6.07) is 13.8. The molecule has 0 saturated carbocycles. The van der Waals surface area contributed by atoms with Crippen molar-refractivity contribution in [2.24, 2.45) is 5.73 Å². The van der Waals surface area contributed by atoms with Crippen molar-refractivity contribution in [1.29, 1.82) is 10.8 Å². The van der Waals surface area contributed by atoms with E-state index >= 15 is 0 Å². The minimum atomic E-state index is 0.0541. The Kier molecular flexibility index (Phi) is 5.94. The molecule has 1 saturated heterocycles. The van der Waals surface area contributed by atoms with Gasteiger partial charge in [0.25, 0.3) is 0 Å². The van der Waals surface area contributed by atoms with Crippen molar-refractivity contribution < 1.29 is 4.74 Å². The first-order valence-corrected chi connectivity index (χ1v) is 11.0. The largest absolute Gasteiger partial charge is 0.490 e. The molecule has 0 atom stereocenters. The minimum Gasteiger partial charge on any atom is -0.490 e. The van der Waals surface area contributed by atoms with E-state index in [1.807, 2.05) is 37.3 Å². The number of nitrogens with one attached hydrogen (secondary N) is 3. The first-order chi connectivity index (χ1) is 14.5. The molecule has 3 aromatic rings. The molecule has 0 bridgehead atoms. The van der Waals surface area contributed by atoms with Crippen molar-refractivity contribution in [3.05, 3.63) is 53.6 Å². The van der Waals surface area contributed by atoms with Crippen molar-refractivity contribution in [1.82, 2.24) is 14.9 Å². The Morgan fingerprint density at radius 3 is 2.60 bits per heavy atom. The number of H-pyrrole nitrogens is 1. The van der Waals surface area contributed by atoms with Crippen LogP contribution in [0.4, 0.5) is 0 Å². The average Bonchev–Trinajstić information content (AvgIpc) is 3.16. The summed E-state index contributed by atoms with van der Waals surface area (Å²) in [5, 5.41) is 16.1. The topological polar surface area (TPSA) is 115 Å². The number of aromatic amines is 1. The molecule has 0 radical (unpaired) electrons. The van der Waals surface area contributed by atoms with Gasteiger partial charge in [-0.1, -0.05) is 23.9 Å². The molecule has 0 amide bonds. The van der Waals surface area contributed by atoms with Crippen LogP contribution in [0.15, 0.2) is 47.6 Å². The van der Waals surface area contributed by atoms with Crippen molar-refractivity contribution in [2.45, 2.75) is 36.8 Å². The highest BCUT2D eigenvalue weighted by atomic mass is 32.2. The number of rotatable bonds is 6. The van der Waals surface area contributed by atoms with E-state index in [9.17, 15) is 0 Å². The molecule has 1 aromatic heterocycles. The Morgan fingerprint density at radius 1 is 1.20 bits per heavy atom. The Balaban J connectivity index is 1.31. The van der Waals surface area contributed by atoms with Crippen LogP contribution in [0.3, 0.4) is 0 Å². The second kappa shape index (κ2) is 8.79. The molecule has 0 aliphatic carbocycles. The van der Waals surface area contributed by atoms with E-state index in [4.69, 9.17) is 21.3 Å². The monoisotopic (exact) mass is 422 g/mol. The van der Waals surface area contributed by atoms with E-state index < -0.39 is 0 Å². The highest BCUT2D eigenvalue weighted by Crippen LogP contribution is 2.25. The van der Waals surface area contributed by atoms with Crippen molar-refractivity contribution in [3.63, 3.8) is 0 Å². The van der Waals surface area contributed by atoms with Gasteiger partial charge in [-0.15, -0.1) is 0 Å². The fraction of sp³-hybridized carbons (Fsp3) is 0.318. The van der Waals surface area contributed by atoms with Crippen molar-refractivity contribution in [2.75, 3.05) is 13.1 Å². The normalized spacial score (nSPS) is 14.8. The Labute approximate surface area is 180 Å². The average molecular weight is 423 g/mol. The Morgan fingerprint density at radius 2 is 1.93 bits per heavy atom. The number of nitrogens with two attached hydrogens (primary N) is 1. The molecular weight excluding hydrogens is 396 g/mol. The molecule has 30 heavy (non-hydrogen) atoms. The predicted molar refractivity (Wildman–Crippen MR) is 122 cm³/mol. The van der Waals surface area contributed by atoms with E-state index in [-0.39, 0.29) is 11.9 Å². The molecule has 7 nitrogen and oxygen atoms in total. The van der Waals surface area contributed by atoms with Crippen LogP contribution in [0.25, 0.3) is 11.0 Å². The van der Waals surface area contributed by atoms with Crippen LogP contribution in [-0.2, 0) is 5.75 Å². The maximum absolute atomic E-state index is 7.72. The molecule has 0 spiro atoms. The number of hydrogen-bond donors (Lipinski definition) is 4. The Hall–Kier alpha value is -3.00. The van der Waals surface area contributed by atoms with Crippen LogP contribution in [0.2, 0.25) is 0 Å². The fourth-order valence-corrected chi connectivity index (χ4v) is 4.38. The highest BCUT2D eigenvalue weighted by Gasteiger charge is 2.20. The summed E-state index contributed by atoms with van der Waals surface area (Å²) in [6.07, 6.45) is 2.12. The van der Waals surface area contributed by atoms with Gasteiger partial charge in [0.2, 0.25) is 0 Å². The zero-order chi connectivity index (χ0) is 21.1. The smallest absolute Gasteiger partial charge is 0.166 e. The van der Waals surface area contributed by atoms with Crippen LogP contribution >= 0.6 is 11.8 Å². The molecule has 2 heterocycles. The van der Waals surface area contributed by atoms with Crippen LogP contribution in [0.5, 0.6) is 5.75 Å². The third-order valence-corrected chi connectivity index (χ3v) is 6.23. The summed E-state index contributed by atoms with van der Waals surface area (Å²) < 4.78 is 6.12. The molecule has 5 N–H and O–H groups in total. The van der Waals surface area contributed by atoms with E-state index in [1.54, 1.807) is 11.8 Å². The van der Waals surface area contributed by atoms with Gasteiger partial charge in [-0.25, -0.2) is 4.98 Å². The van der Waals surface area contributed by atoms with Gasteiger partial charge in [-0.2, -0.15) is 0 Å². The predicted octanol–water partition coefficient (Wildman–Crippen LogP) is 3.98. The number of nitrogens with zero attached hydrogens (tertiary/aromatic N) is 2. The number of piperidine rings is 1. The van der Waals surface area contributed by atoms with E-state index in [1.165, 1.54) is 5.56 Å². The number of aromatic nitrogens is 2. The maximum atomic E-state index is 7.72. The number of fused-ring (bicyclic) bond motifs is 1. The lowest BCUT2D eigenvalue weighted by Gasteiger charge is -2.32. The third-order valence-electron chi connectivity index (χ3n) is 5.29. The number of ether oxygens (including phenoxy) is 1. The molecule has 1 fully saturated rings. The molecule has 8 heteroatoms. The fourth-order valence-electron chi connectivity index (χ4n) is 3.54. The van der Waals surface area contributed by atoms with Crippen molar-refractivity contribution in [3.8, 4) is 5.75 Å².